The Morgan fingerprint density at radius 1 is 1.05 bits per heavy atom. The van der Waals surface area contributed by atoms with Gasteiger partial charge in [-0.25, -0.2) is 0 Å². The molecule has 0 aliphatic rings. The van der Waals surface area contributed by atoms with E-state index in [0.29, 0.717) is 28.9 Å². The van der Waals surface area contributed by atoms with Gasteiger partial charge in [-0.3, -0.25) is 0 Å². The fourth-order valence-corrected chi connectivity index (χ4v) is 2.48. The number of benzene rings is 2. The van der Waals surface area contributed by atoms with Crippen LogP contribution in [0.4, 0.5) is 5.69 Å². The van der Waals surface area contributed by atoms with Gasteiger partial charge in [-0.2, -0.15) is 0 Å². The number of ether oxygens (including phenoxy) is 2. The molecular weight excluding hydrogens is 309 g/mol. The second-order valence-corrected chi connectivity index (χ2v) is 5.17. The molecular formula is C16H17Cl2NO2. The predicted octanol–water partition coefficient (Wildman–Crippen LogP) is 5.01. The van der Waals surface area contributed by atoms with Crippen LogP contribution >= 0.6 is 23.2 Å². The third-order valence-electron chi connectivity index (χ3n) is 2.99. The average molecular weight is 326 g/mol. The van der Waals surface area contributed by atoms with Gasteiger partial charge in [0, 0.05) is 33.9 Å². The predicted molar refractivity (Wildman–Crippen MR) is 88.0 cm³/mol. The fourth-order valence-electron chi connectivity index (χ4n) is 1.94. The van der Waals surface area contributed by atoms with E-state index in [-0.39, 0.29) is 0 Å². The normalized spacial score (nSPS) is 10.3. The van der Waals surface area contributed by atoms with Crippen molar-refractivity contribution < 1.29 is 9.47 Å². The van der Waals surface area contributed by atoms with Crippen LogP contribution in [0.2, 0.25) is 10.0 Å². The molecule has 0 spiro atoms. The van der Waals surface area contributed by atoms with Crippen LogP contribution < -0.4 is 14.8 Å². The number of anilines is 1. The molecule has 0 heterocycles. The van der Waals surface area contributed by atoms with E-state index >= 15 is 0 Å². The lowest BCUT2D eigenvalue weighted by Crippen LogP contribution is -2.02. The Morgan fingerprint density at radius 3 is 2.38 bits per heavy atom. The maximum absolute atomic E-state index is 6.15. The number of halogens is 2. The summed E-state index contributed by atoms with van der Waals surface area (Å²) in [6, 6.07) is 11.2. The van der Waals surface area contributed by atoms with E-state index in [4.69, 9.17) is 32.7 Å². The van der Waals surface area contributed by atoms with Crippen molar-refractivity contribution in [3.63, 3.8) is 0 Å². The van der Waals surface area contributed by atoms with Crippen LogP contribution in [0.15, 0.2) is 36.4 Å². The molecule has 0 bridgehead atoms. The molecule has 0 aliphatic carbocycles. The van der Waals surface area contributed by atoms with Crippen molar-refractivity contribution >= 4 is 28.9 Å². The number of nitrogens with one attached hydrogen (secondary N) is 1. The highest BCUT2D eigenvalue weighted by Gasteiger charge is 2.08. The Balaban J connectivity index is 2.13. The summed E-state index contributed by atoms with van der Waals surface area (Å²) in [5, 5.41) is 4.57. The second-order valence-electron chi connectivity index (χ2n) is 4.35. The van der Waals surface area contributed by atoms with Crippen LogP contribution in [0.1, 0.15) is 12.5 Å². The van der Waals surface area contributed by atoms with Gasteiger partial charge in [-0.1, -0.05) is 29.3 Å². The molecule has 21 heavy (non-hydrogen) atoms. The zero-order chi connectivity index (χ0) is 15.2. The molecule has 2 aromatic rings. The van der Waals surface area contributed by atoms with Gasteiger partial charge >= 0.3 is 0 Å². The van der Waals surface area contributed by atoms with E-state index in [0.717, 1.165) is 17.0 Å². The molecule has 0 aliphatic heterocycles. The first-order chi connectivity index (χ1) is 10.2. The first-order valence-electron chi connectivity index (χ1n) is 6.63. The monoisotopic (exact) mass is 325 g/mol. The van der Waals surface area contributed by atoms with Gasteiger partial charge in [-0.05, 0) is 31.2 Å². The van der Waals surface area contributed by atoms with Crippen molar-refractivity contribution in [1.29, 1.82) is 0 Å². The van der Waals surface area contributed by atoms with Crippen molar-refractivity contribution in [3.8, 4) is 11.5 Å². The third kappa shape index (κ3) is 3.96. The molecule has 0 saturated heterocycles. The summed E-state index contributed by atoms with van der Waals surface area (Å²) in [6.07, 6.45) is 0. The van der Waals surface area contributed by atoms with Crippen molar-refractivity contribution in [1.82, 2.24) is 0 Å². The van der Waals surface area contributed by atoms with E-state index in [1.807, 2.05) is 43.3 Å². The molecule has 2 rings (SSSR count). The first kappa shape index (κ1) is 15.8. The maximum Gasteiger partial charge on any atom is 0.162 e. The lowest BCUT2D eigenvalue weighted by Gasteiger charge is -2.13. The maximum atomic E-state index is 6.15. The van der Waals surface area contributed by atoms with Gasteiger partial charge in [0.15, 0.2) is 11.5 Å². The highest BCUT2D eigenvalue weighted by molar-refractivity contribution is 6.36. The quantitative estimate of drug-likeness (QED) is 0.809. The van der Waals surface area contributed by atoms with Crippen LogP contribution in [0, 0.1) is 0 Å². The van der Waals surface area contributed by atoms with E-state index in [1.54, 1.807) is 7.11 Å². The van der Waals surface area contributed by atoms with Gasteiger partial charge in [0.05, 0.1) is 13.7 Å². The lowest BCUT2D eigenvalue weighted by atomic mass is 10.2. The molecule has 2 aromatic carbocycles. The van der Waals surface area contributed by atoms with Crippen molar-refractivity contribution in [2.24, 2.45) is 0 Å². The summed E-state index contributed by atoms with van der Waals surface area (Å²) >= 11 is 12.3. The van der Waals surface area contributed by atoms with Crippen molar-refractivity contribution in [3.05, 3.63) is 52.0 Å². The molecule has 0 atom stereocenters. The highest BCUT2D eigenvalue weighted by Crippen LogP contribution is 2.31. The molecule has 5 heteroatoms. The van der Waals surface area contributed by atoms with Crippen molar-refractivity contribution in [2.75, 3.05) is 19.0 Å². The summed E-state index contributed by atoms with van der Waals surface area (Å²) in [6.45, 7) is 3.07. The Kier molecular flexibility index (Phi) is 5.59. The van der Waals surface area contributed by atoms with Crippen LogP contribution in [0.25, 0.3) is 0 Å². The van der Waals surface area contributed by atoms with E-state index in [9.17, 15) is 0 Å². The Morgan fingerprint density at radius 2 is 1.76 bits per heavy atom. The Bertz CT molecular complexity index is 597. The number of hydrogen-bond donors (Lipinski definition) is 1. The van der Waals surface area contributed by atoms with Gasteiger partial charge in [0.2, 0.25) is 0 Å². The van der Waals surface area contributed by atoms with Crippen LogP contribution in [-0.2, 0) is 6.54 Å². The van der Waals surface area contributed by atoms with Crippen molar-refractivity contribution in [2.45, 2.75) is 13.5 Å². The van der Waals surface area contributed by atoms with Crippen LogP contribution in [-0.4, -0.2) is 13.7 Å². The van der Waals surface area contributed by atoms with E-state index < -0.39 is 0 Å². The minimum absolute atomic E-state index is 0.537. The first-order valence-corrected chi connectivity index (χ1v) is 7.39. The van der Waals surface area contributed by atoms with Gasteiger partial charge in [0.25, 0.3) is 0 Å². The number of hydrogen-bond acceptors (Lipinski definition) is 3. The third-order valence-corrected chi connectivity index (χ3v) is 3.70. The summed E-state index contributed by atoms with van der Waals surface area (Å²) in [5.41, 5.74) is 1.78. The Labute approximate surface area is 134 Å². The van der Waals surface area contributed by atoms with Gasteiger partial charge < -0.3 is 14.8 Å². The summed E-state index contributed by atoms with van der Waals surface area (Å²) < 4.78 is 10.8. The molecule has 0 saturated carbocycles. The van der Waals surface area contributed by atoms with E-state index in [1.165, 1.54) is 0 Å². The van der Waals surface area contributed by atoms with Crippen LogP contribution in [0.3, 0.4) is 0 Å². The standard InChI is InChI=1S/C16H17Cl2NO2/c1-3-21-15-8-7-11(9-16(15)20-2)19-10-12-13(17)5-4-6-14(12)18/h4-9,19H,3,10H2,1-2H3. The summed E-state index contributed by atoms with van der Waals surface area (Å²) in [7, 11) is 1.62. The molecule has 3 nitrogen and oxygen atoms in total. The minimum Gasteiger partial charge on any atom is -0.493 e. The average Bonchev–Trinajstić information content (AvgIpc) is 2.48. The van der Waals surface area contributed by atoms with Crippen LogP contribution in [0.5, 0.6) is 11.5 Å². The van der Waals surface area contributed by atoms with E-state index in [2.05, 4.69) is 5.32 Å². The lowest BCUT2D eigenvalue weighted by molar-refractivity contribution is 0.311. The van der Waals surface area contributed by atoms with Gasteiger partial charge in [-0.15, -0.1) is 0 Å². The zero-order valence-electron chi connectivity index (χ0n) is 12.0. The molecule has 112 valence electrons. The highest BCUT2D eigenvalue weighted by atomic mass is 35.5. The zero-order valence-corrected chi connectivity index (χ0v) is 13.5. The molecule has 0 unspecified atom stereocenters. The van der Waals surface area contributed by atoms with Gasteiger partial charge in [0.1, 0.15) is 0 Å². The molecule has 1 N–H and O–H groups in total. The Hall–Kier alpha value is -1.58. The smallest absolute Gasteiger partial charge is 0.162 e. The molecule has 0 radical (unpaired) electrons. The number of methoxy groups -OCH3 is 1. The molecule has 0 fully saturated rings. The largest absolute Gasteiger partial charge is 0.493 e. The molecule has 0 amide bonds. The molecule has 0 aromatic heterocycles. The summed E-state index contributed by atoms with van der Waals surface area (Å²) in [4.78, 5) is 0. The second kappa shape index (κ2) is 7.43. The minimum atomic E-state index is 0.537. The SMILES string of the molecule is CCOc1ccc(NCc2c(Cl)cccc2Cl)cc1OC. The fraction of sp³-hybridized carbons (Fsp3) is 0.250. The topological polar surface area (TPSA) is 30.5 Å². The number of rotatable bonds is 6. The summed E-state index contributed by atoms with van der Waals surface area (Å²) in [5.74, 6) is 1.41.